The molecule has 0 spiro atoms. The minimum absolute atomic E-state index is 0.0483. The molecular weight excluding hydrogens is 530 g/mol. The summed E-state index contributed by atoms with van der Waals surface area (Å²) in [6.07, 6.45) is 4.37. The number of piperidine rings is 1. The van der Waals surface area contributed by atoms with Crippen LogP contribution in [0, 0.1) is 19.8 Å². The monoisotopic (exact) mass is 557 g/mol. The summed E-state index contributed by atoms with van der Waals surface area (Å²) in [5.41, 5.74) is 3.41. The van der Waals surface area contributed by atoms with E-state index in [9.17, 15) is 13.2 Å². The van der Waals surface area contributed by atoms with Gasteiger partial charge in [0.05, 0.1) is 0 Å². The number of carbonyl (C=O) groups is 1. The number of nitrogens with zero attached hydrogens (tertiary/aromatic N) is 2. The highest BCUT2D eigenvalue weighted by Gasteiger charge is 2.35. The van der Waals surface area contributed by atoms with Crippen molar-refractivity contribution in [3.05, 3.63) is 81.1 Å². The summed E-state index contributed by atoms with van der Waals surface area (Å²) in [5, 5.41) is 6.87. The van der Waals surface area contributed by atoms with Gasteiger partial charge in [0.15, 0.2) is 10.7 Å². The van der Waals surface area contributed by atoms with Crippen LogP contribution in [0.2, 0.25) is 0 Å². The van der Waals surface area contributed by atoms with Gasteiger partial charge < -0.3 is 9.84 Å². The summed E-state index contributed by atoms with van der Waals surface area (Å²) in [6.45, 7) is 4.62. The van der Waals surface area contributed by atoms with Crippen LogP contribution < -0.4 is 5.32 Å². The Balaban J connectivity index is 1.39. The molecule has 0 atom stereocenters. The van der Waals surface area contributed by atoms with Gasteiger partial charge in [-0.1, -0.05) is 69.1 Å². The molecule has 2 heterocycles. The van der Waals surface area contributed by atoms with Crippen molar-refractivity contribution in [3.8, 4) is 0 Å². The lowest BCUT2D eigenvalue weighted by Gasteiger charge is -2.30. The lowest BCUT2D eigenvalue weighted by molar-refractivity contribution is -0.126. The van der Waals surface area contributed by atoms with E-state index >= 15 is 0 Å². The molecule has 0 saturated carbocycles. The average Bonchev–Trinajstić information content (AvgIpc) is 3.24. The number of hydrogen-bond acceptors (Lipinski definition) is 5. The molecule has 1 N–H and O–H groups in total. The molecule has 1 fully saturated rings. The average molecular weight is 558 g/mol. The molecule has 1 amide bonds. The van der Waals surface area contributed by atoms with Crippen molar-refractivity contribution < 1.29 is 17.7 Å². The molecule has 0 radical (unpaired) electrons. The van der Waals surface area contributed by atoms with Crippen LogP contribution in [0.3, 0.4) is 0 Å². The molecule has 1 aliphatic rings. The van der Waals surface area contributed by atoms with Gasteiger partial charge in [0.1, 0.15) is 5.69 Å². The molecule has 7 nitrogen and oxygen atoms in total. The van der Waals surface area contributed by atoms with Gasteiger partial charge in [-0.3, -0.25) is 4.79 Å². The Bertz CT molecular complexity index is 1310. The molecule has 35 heavy (non-hydrogen) atoms. The number of aromatic nitrogens is 1. The quantitative estimate of drug-likeness (QED) is 0.444. The van der Waals surface area contributed by atoms with Gasteiger partial charge in [-0.2, -0.15) is 4.31 Å². The number of sulfonamides is 1. The third-order valence-corrected chi connectivity index (χ3v) is 8.73. The van der Waals surface area contributed by atoms with E-state index in [1.165, 1.54) is 4.31 Å². The van der Waals surface area contributed by atoms with Crippen LogP contribution in [-0.2, 0) is 21.4 Å². The van der Waals surface area contributed by atoms with E-state index in [1.54, 1.807) is 19.1 Å². The Morgan fingerprint density at radius 1 is 1.09 bits per heavy atom. The number of carbonyl (C=O) groups excluding carboxylic acids is 1. The molecule has 2 aromatic carbocycles. The number of nitrogens with one attached hydrogen (secondary N) is 1. The van der Waals surface area contributed by atoms with Gasteiger partial charge in [0.25, 0.3) is 0 Å². The molecule has 9 heteroatoms. The fourth-order valence-electron chi connectivity index (χ4n) is 4.07. The fourth-order valence-corrected chi connectivity index (χ4v) is 6.06. The summed E-state index contributed by atoms with van der Waals surface area (Å²) in [7, 11) is -3.81. The standard InChI is InChI=1S/C26H28BrN3O4S/c1-18-3-5-20(6-4-18)9-12-24-25(19(2)29-34-24)35(32,33)30-15-13-22(14-16-30)26(31)28-17-21-7-10-23(27)11-8-21/h3-12,22H,13-17H2,1-2H3,(H,28,31)/b12-9+. The number of rotatable bonds is 7. The zero-order valence-electron chi connectivity index (χ0n) is 19.7. The molecule has 1 aromatic heterocycles. The predicted molar refractivity (Wildman–Crippen MR) is 139 cm³/mol. The zero-order chi connectivity index (χ0) is 25.0. The fraction of sp³-hybridized carbons (Fsp3) is 0.308. The molecule has 1 aliphatic heterocycles. The van der Waals surface area contributed by atoms with Crippen molar-refractivity contribution in [2.24, 2.45) is 5.92 Å². The molecule has 4 rings (SSSR count). The maximum atomic E-state index is 13.4. The van der Waals surface area contributed by atoms with Crippen molar-refractivity contribution in [1.29, 1.82) is 0 Å². The Kier molecular flexibility index (Phi) is 7.88. The summed E-state index contributed by atoms with van der Waals surface area (Å²) < 4.78 is 34.7. The van der Waals surface area contributed by atoms with Gasteiger partial charge in [-0.15, -0.1) is 0 Å². The second kappa shape index (κ2) is 10.9. The highest BCUT2D eigenvalue weighted by Crippen LogP contribution is 2.29. The first-order valence-electron chi connectivity index (χ1n) is 11.5. The van der Waals surface area contributed by atoms with Crippen LogP contribution >= 0.6 is 15.9 Å². The molecular formula is C26H28BrN3O4S. The molecule has 0 aliphatic carbocycles. The van der Waals surface area contributed by atoms with Gasteiger partial charge in [-0.05, 0) is 56.0 Å². The van der Waals surface area contributed by atoms with Gasteiger partial charge >= 0.3 is 0 Å². The first kappa shape index (κ1) is 25.3. The summed E-state index contributed by atoms with van der Waals surface area (Å²) in [5.74, 6) is -0.0633. The van der Waals surface area contributed by atoms with Crippen molar-refractivity contribution in [3.63, 3.8) is 0 Å². The topological polar surface area (TPSA) is 92.5 Å². The smallest absolute Gasteiger partial charge is 0.248 e. The lowest BCUT2D eigenvalue weighted by Crippen LogP contribution is -2.43. The summed E-state index contributed by atoms with van der Waals surface area (Å²) in [6, 6.07) is 15.6. The minimum Gasteiger partial charge on any atom is -0.355 e. The van der Waals surface area contributed by atoms with Crippen LogP contribution in [0.5, 0.6) is 0 Å². The summed E-state index contributed by atoms with van der Waals surface area (Å²) >= 11 is 3.40. The molecule has 1 saturated heterocycles. The van der Waals surface area contributed by atoms with E-state index in [0.29, 0.717) is 25.1 Å². The maximum Gasteiger partial charge on any atom is 0.248 e. The molecule has 0 unspecified atom stereocenters. The van der Waals surface area contributed by atoms with Gasteiger partial charge in [-0.25, -0.2) is 8.42 Å². The van der Waals surface area contributed by atoms with E-state index in [1.807, 2.05) is 55.5 Å². The van der Waals surface area contributed by atoms with E-state index in [2.05, 4.69) is 26.4 Å². The van der Waals surface area contributed by atoms with E-state index in [-0.39, 0.29) is 35.6 Å². The van der Waals surface area contributed by atoms with Crippen LogP contribution in [-0.4, -0.2) is 36.9 Å². The Labute approximate surface area is 214 Å². The third-order valence-electron chi connectivity index (χ3n) is 6.14. The van der Waals surface area contributed by atoms with E-state index in [0.717, 1.165) is 21.2 Å². The number of amides is 1. The third kappa shape index (κ3) is 6.09. The van der Waals surface area contributed by atoms with Crippen molar-refractivity contribution >= 4 is 44.0 Å². The number of aryl methyl sites for hydroxylation is 2. The molecule has 3 aromatic rings. The Morgan fingerprint density at radius 3 is 2.40 bits per heavy atom. The lowest BCUT2D eigenvalue weighted by atomic mass is 9.97. The highest BCUT2D eigenvalue weighted by atomic mass is 79.9. The number of halogens is 1. The summed E-state index contributed by atoms with van der Waals surface area (Å²) in [4.78, 5) is 12.7. The number of benzene rings is 2. The zero-order valence-corrected chi connectivity index (χ0v) is 22.1. The maximum absolute atomic E-state index is 13.4. The Morgan fingerprint density at radius 2 is 1.74 bits per heavy atom. The number of hydrogen-bond donors (Lipinski definition) is 1. The SMILES string of the molecule is Cc1ccc(/C=C/c2onc(C)c2S(=O)(=O)N2CCC(C(=O)NCc3ccc(Br)cc3)CC2)cc1. The van der Waals surface area contributed by atoms with E-state index in [4.69, 9.17) is 4.52 Å². The van der Waals surface area contributed by atoms with Crippen LogP contribution in [0.1, 0.15) is 41.0 Å². The first-order valence-corrected chi connectivity index (χ1v) is 13.7. The van der Waals surface area contributed by atoms with Gasteiger partial charge in [0.2, 0.25) is 15.9 Å². The first-order chi connectivity index (χ1) is 16.7. The minimum atomic E-state index is -3.81. The normalized spacial score (nSPS) is 15.5. The highest BCUT2D eigenvalue weighted by molar-refractivity contribution is 9.10. The van der Waals surface area contributed by atoms with Crippen LogP contribution in [0.4, 0.5) is 0 Å². The largest absolute Gasteiger partial charge is 0.355 e. The van der Waals surface area contributed by atoms with Crippen molar-refractivity contribution in [2.45, 2.75) is 38.1 Å². The molecule has 0 bridgehead atoms. The van der Waals surface area contributed by atoms with Crippen LogP contribution in [0.25, 0.3) is 12.2 Å². The van der Waals surface area contributed by atoms with Crippen molar-refractivity contribution in [1.82, 2.24) is 14.8 Å². The molecule has 184 valence electrons. The predicted octanol–water partition coefficient (Wildman–Crippen LogP) is 4.94. The van der Waals surface area contributed by atoms with E-state index < -0.39 is 10.0 Å². The van der Waals surface area contributed by atoms with Crippen molar-refractivity contribution in [2.75, 3.05) is 13.1 Å². The van der Waals surface area contributed by atoms with Crippen LogP contribution in [0.15, 0.2) is 62.4 Å². The Hall–Kier alpha value is -2.75. The van der Waals surface area contributed by atoms with Gasteiger partial charge in [0, 0.05) is 30.0 Å². The second-order valence-corrected chi connectivity index (χ2v) is 11.5. The second-order valence-electron chi connectivity index (χ2n) is 8.73.